The van der Waals surface area contributed by atoms with Crippen LogP contribution in [0.3, 0.4) is 0 Å². The Morgan fingerprint density at radius 2 is 2.00 bits per heavy atom. The van der Waals surface area contributed by atoms with E-state index >= 15 is 0 Å². The van der Waals surface area contributed by atoms with Crippen molar-refractivity contribution in [3.05, 3.63) is 29.3 Å². The van der Waals surface area contributed by atoms with Crippen LogP contribution in [0.5, 0.6) is 5.75 Å². The van der Waals surface area contributed by atoms with Gasteiger partial charge in [-0.15, -0.1) is 0 Å². The highest BCUT2D eigenvalue weighted by molar-refractivity contribution is 5.38. The second-order valence-electron chi connectivity index (χ2n) is 5.06. The van der Waals surface area contributed by atoms with Crippen LogP contribution >= 0.6 is 0 Å². The highest BCUT2D eigenvalue weighted by Gasteiger charge is 2.07. The normalized spacial score (nSPS) is 12.8. The van der Waals surface area contributed by atoms with Crippen LogP contribution in [-0.4, -0.2) is 30.4 Å². The first-order valence-corrected chi connectivity index (χ1v) is 6.61. The van der Waals surface area contributed by atoms with Gasteiger partial charge in [-0.2, -0.15) is 0 Å². The first-order chi connectivity index (χ1) is 8.50. The third-order valence-electron chi connectivity index (χ3n) is 3.02. The van der Waals surface area contributed by atoms with Gasteiger partial charge >= 0.3 is 0 Å². The summed E-state index contributed by atoms with van der Waals surface area (Å²) in [6, 6.07) is 6.44. The third-order valence-corrected chi connectivity index (χ3v) is 3.02. The van der Waals surface area contributed by atoms with E-state index in [4.69, 9.17) is 4.74 Å². The largest absolute Gasteiger partial charge is 0.491 e. The lowest BCUT2D eigenvalue weighted by molar-refractivity contribution is 0.0991. The molecule has 3 nitrogen and oxygen atoms in total. The van der Waals surface area contributed by atoms with Crippen LogP contribution in [0.2, 0.25) is 0 Å². The topological polar surface area (TPSA) is 41.5 Å². The summed E-state index contributed by atoms with van der Waals surface area (Å²) < 4.78 is 5.66. The van der Waals surface area contributed by atoms with Crippen molar-refractivity contribution in [2.24, 2.45) is 0 Å². The Bertz CT molecular complexity index is 364. The number of nitrogens with one attached hydrogen (secondary N) is 1. The molecule has 0 aliphatic rings. The molecule has 0 radical (unpaired) electrons. The molecule has 18 heavy (non-hydrogen) atoms. The number of aliphatic hydroxyl groups excluding tert-OH is 1. The molecular weight excluding hydrogens is 226 g/mol. The molecule has 0 amide bonds. The van der Waals surface area contributed by atoms with E-state index in [9.17, 15) is 5.11 Å². The maximum absolute atomic E-state index is 9.82. The molecule has 102 valence electrons. The fourth-order valence-electron chi connectivity index (χ4n) is 1.69. The second kappa shape index (κ2) is 7.39. The lowest BCUT2D eigenvalue weighted by Gasteiger charge is -2.15. The van der Waals surface area contributed by atoms with E-state index in [1.54, 1.807) is 0 Å². The minimum atomic E-state index is -0.420. The fourth-order valence-corrected chi connectivity index (χ4v) is 1.69. The van der Waals surface area contributed by atoms with Gasteiger partial charge in [0.05, 0.1) is 6.10 Å². The Hall–Kier alpha value is -1.06. The molecule has 1 rings (SSSR count). The molecule has 2 N–H and O–H groups in total. The highest BCUT2D eigenvalue weighted by atomic mass is 16.5. The van der Waals surface area contributed by atoms with Crippen molar-refractivity contribution >= 4 is 0 Å². The van der Waals surface area contributed by atoms with Gasteiger partial charge in [0.15, 0.2) is 0 Å². The van der Waals surface area contributed by atoms with E-state index in [0.29, 0.717) is 19.1 Å². The van der Waals surface area contributed by atoms with Crippen LogP contribution in [-0.2, 0) is 0 Å². The summed E-state index contributed by atoms with van der Waals surface area (Å²) in [5, 5.41) is 13.1. The number of hydrogen-bond acceptors (Lipinski definition) is 3. The van der Waals surface area contributed by atoms with Gasteiger partial charge in [-0.05, 0) is 44.0 Å². The quantitative estimate of drug-likeness (QED) is 0.782. The van der Waals surface area contributed by atoms with Gasteiger partial charge in [-0.25, -0.2) is 0 Å². The van der Waals surface area contributed by atoms with Gasteiger partial charge in [0, 0.05) is 6.04 Å². The molecule has 0 bridgehead atoms. The van der Waals surface area contributed by atoms with Crippen LogP contribution in [0.4, 0.5) is 0 Å². The van der Waals surface area contributed by atoms with Crippen LogP contribution in [0.1, 0.15) is 31.4 Å². The molecule has 0 heterocycles. The molecule has 1 atom stereocenters. The molecule has 0 aliphatic heterocycles. The Kier molecular flexibility index (Phi) is 6.16. The van der Waals surface area contributed by atoms with Crippen LogP contribution < -0.4 is 10.1 Å². The molecule has 1 aromatic carbocycles. The Morgan fingerprint density at radius 1 is 1.28 bits per heavy atom. The molecule has 0 fully saturated rings. The van der Waals surface area contributed by atoms with Crippen LogP contribution in [0.15, 0.2) is 18.2 Å². The molecule has 1 aromatic rings. The van der Waals surface area contributed by atoms with Gasteiger partial charge in [-0.3, -0.25) is 0 Å². The van der Waals surface area contributed by atoms with Gasteiger partial charge in [0.25, 0.3) is 0 Å². The molecule has 0 aromatic heterocycles. The van der Waals surface area contributed by atoms with Crippen molar-refractivity contribution in [1.82, 2.24) is 5.32 Å². The summed E-state index contributed by atoms with van der Waals surface area (Å²) in [6.45, 7) is 9.46. The maximum atomic E-state index is 9.82. The summed E-state index contributed by atoms with van der Waals surface area (Å²) in [6.07, 6.45) is 0.291. The van der Waals surface area contributed by atoms with E-state index in [2.05, 4.69) is 32.2 Å². The van der Waals surface area contributed by atoms with Crippen molar-refractivity contribution in [1.29, 1.82) is 0 Å². The van der Waals surface area contributed by atoms with Crippen LogP contribution in [0, 0.1) is 13.8 Å². The van der Waals surface area contributed by atoms with Crippen LogP contribution in [0.25, 0.3) is 0 Å². The van der Waals surface area contributed by atoms with Crippen molar-refractivity contribution in [2.45, 2.75) is 46.3 Å². The minimum Gasteiger partial charge on any atom is -0.491 e. The van der Waals surface area contributed by atoms with Crippen molar-refractivity contribution < 1.29 is 9.84 Å². The zero-order valence-corrected chi connectivity index (χ0v) is 11.9. The summed E-state index contributed by atoms with van der Waals surface area (Å²) in [5.41, 5.74) is 2.36. The molecule has 3 heteroatoms. The maximum Gasteiger partial charge on any atom is 0.122 e. The second-order valence-corrected chi connectivity index (χ2v) is 5.06. The summed E-state index contributed by atoms with van der Waals surface area (Å²) in [5.74, 6) is 0.867. The molecular formula is C15H25NO2. The Balaban J connectivity index is 2.33. The van der Waals surface area contributed by atoms with E-state index in [1.807, 2.05) is 19.1 Å². The van der Waals surface area contributed by atoms with Crippen molar-refractivity contribution in [2.75, 3.05) is 13.2 Å². The number of ether oxygens (including phenoxy) is 1. The van der Waals surface area contributed by atoms with E-state index in [-0.39, 0.29) is 0 Å². The van der Waals surface area contributed by atoms with Crippen molar-refractivity contribution in [3.8, 4) is 5.75 Å². The monoisotopic (exact) mass is 251 g/mol. The van der Waals surface area contributed by atoms with Gasteiger partial charge in [-0.1, -0.05) is 26.0 Å². The SMILES string of the molecule is Cc1cccc(OCC(O)CCNC(C)C)c1C. The van der Waals surface area contributed by atoms with Gasteiger partial charge in [0.1, 0.15) is 12.4 Å². The predicted octanol–water partition coefficient (Wildman–Crippen LogP) is 2.43. The first-order valence-electron chi connectivity index (χ1n) is 6.61. The molecule has 0 saturated heterocycles. The Labute approximate surface area is 110 Å². The average Bonchev–Trinajstić information content (AvgIpc) is 2.30. The molecule has 1 unspecified atom stereocenters. The van der Waals surface area contributed by atoms with E-state index < -0.39 is 6.10 Å². The number of aryl methyl sites for hydroxylation is 1. The predicted molar refractivity (Wildman–Crippen MR) is 75.2 cm³/mol. The fraction of sp³-hybridized carbons (Fsp3) is 0.600. The van der Waals surface area contributed by atoms with Crippen molar-refractivity contribution in [3.63, 3.8) is 0 Å². The van der Waals surface area contributed by atoms with E-state index in [0.717, 1.165) is 17.9 Å². The number of rotatable bonds is 7. The van der Waals surface area contributed by atoms with Gasteiger partial charge in [0.2, 0.25) is 0 Å². The number of hydrogen-bond donors (Lipinski definition) is 2. The number of aliphatic hydroxyl groups is 1. The third kappa shape index (κ3) is 5.07. The zero-order chi connectivity index (χ0) is 13.5. The minimum absolute atomic E-state index is 0.351. The first kappa shape index (κ1) is 15.0. The summed E-state index contributed by atoms with van der Waals surface area (Å²) in [4.78, 5) is 0. The van der Waals surface area contributed by atoms with E-state index in [1.165, 1.54) is 5.56 Å². The lowest BCUT2D eigenvalue weighted by Crippen LogP contribution is -2.28. The summed E-state index contributed by atoms with van der Waals surface area (Å²) in [7, 11) is 0. The number of benzene rings is 1. The molecule has 0 spiro atoms. The molecule has 0 saturated carbocycles. The Morgan fingerprint density at radius 3 is 2.67 bits per heavy atom. The highest BCUT2D eigenvalue weighted by Crippen LogP contribution is 2.20. The standard InChI is InChI=1S/C15H25NO2/c1-11(2)16-9-8-14(17)10-18-15-7-5-6-12(3)13(15)4/h5-7,11,14,16-17H,8-10H2,1-4H3. The molecule has 0 aliphatic carbocycles. The smallest absolute Gasteiger partial charge is 0.122 e. The summed E-state index contributed by atoms with van der Waals surface area (Å²) >= 11 is 0. The van der Waals surface area contributed by atoms with Gasteiger partial charge < -0.3 is 15.2 Å². The average molecular weight is 251 g/mol. The zero-order valence-electron chi connectivity index (χ0n) is 11.9. The lowest BCUT2D eigenvalue weighted by atomic mass is 10.1.